The molecule has 54 valence electrons. The van der Waals surface area contributed by atoms with Gasteiger partial charge in [0, 0.05) is 19.3 Å². The molecule has 0 bridgehead atoms. The average molecular weight is 138 g/mol. The zero-order valence-electron chi connectivity index (χ0n) is 6.09. The molecule has 0 unspecified atom stereocenters. The molecular weight excluding hydrogens is 128 g/mol. The number of methoxy groups -OCH3 is 1. The lowest BCUT2D eigenvalue weighted by Crippen LogP contribution is -1.92. The van der Waals surface area contributed by atoms with E-state index in [1.165, 1.54) is 0 Å². The maximum absolute atomic E-state index is 4.98. The Morgan fingerprint density at radius 1 is 1.60 bits per heavy atom. The predicted molar refractivity (Wildman–Crippen MR) is 40.3 cm³/mol. The highest BCUT2D eigenvalue weighted by Crippen LogP contribution is 2.12. The van der Waals surface area contributed by atoms with Crippen molar-refractivity contribution in [2.24, 2.45) is 0 Å². The third-order valence-electron chi connectivity index (χ3n) is 1.22. The molecule has 3 nitrogen and oxygen atoms in total. The number of aromatic nitrogens is 1. The largest absolute Gasteiger partial charge is 0.497 e. The van der Waals surface area contributed by atoms with Crippen LogP contribution in [0.25, 0.3) is 0 Å². The minimum atomic E-state index is 0.819. The second-order valence-corrected chi connectivity index (χ2v) is 1.83. The smallest absolute Gasteiger partial charge is 0.129 e. The van der Waals surface area contributed by atoms with Crippen molar-refractivity contribution >= 4 is 5.82 Å². The van der Waals surface area contributed by atoms with Gasteiger partial charge >= 0.3 is 0 Å². The van der Waals surface area contributed by atoms with Crippen molar-refractivity contribution in [2.75, 3.05) is 19.5 Å². The molecule has 3 heteroatoms. The quantitative estimate of drug-likeness (QED) is 0.665. The zero-order chi connectivity index (χ0) is 7.40. The van der Waals surface area contributed by atoms with E-state index in [4.69, 9.17) is 4.74 Å². The number of anilines is 1. The molecule has 1 heterocycles. The summed E-state index contributed by atoms with van der Waals surface area (Å²) in [5.74, 6) is 1.64. The van der Waals surface area contributed by atoms with Crippen molar-refractivity contribution in [2.45, 2.75) is 0 Å². The van der Waals surface area contributed by atoms with E-state index < -0.39 is 0 Å². The van der Waals surface area contributed by atoms with Gasteiger partial charge in [-0.1, -0.05) is 0 Å². The monoisotopic (exact) mass is 138 g/mol. The van der Waals surface area contributed by atoms with Crippen LogP contribution in [-0.2, 0) is 0 Å². The van der Waals surface area contributed by atoms with E-state index >= 15 is 0 Å². The van der Waals surface area contributed by atoms with Crippen molar-refractivity contribution in [3.63, 3.8) is 0 Å². The molecule has 0 aliphatic rings. The Bertz CT molecular complexity index is 193. The molecule has 1 aromatic heterocycles. The molecule has 0 aliphatic carbocycles. The Labute approximate surface area is 60.0 Å². The van der Waals surface area contributed by atoms with E-state index in [2.05, 4.69) is 10.3 Å². The van der Waals surface area contributed by atoms with Gasteiger partial charge in [0.05, 0.1) is 7.11 Å². The van der Waals surface area contributed by atoms with Crippen molar-refractivity contribution in [1.29, 1.82) is 0 Å². The number of rotatable bonds is 2. The molecule has 0 fully saturated rings. The van der Waals surface area contributed by atoms with Crippen molar-refractivity contribution in [3.05, 3.63) is 18.3 Å². The van der Waals surface area contributed by atoms with Gasteiger partial charge in [-0.05, 0) is 6.07 Å². The Kier molecular flexibility index (Phi) is 2.10. The predicted octanol–water partition coefficient (Wildman–Crippen LogP) is 1.13. The first-order chi connectivity index (χ1) is 4.86. The van der Waals surface area contributed by atoms with Crippen molar-refractivity contribution in [1.82, 2.24) is 4.98 Å². The second-order valence-electron chi connectivity index (χ2n) is 1.83. The van der Waals surface area contributed by atoms with Crippen LogP contribution in [-0.4, -0.2) is 19.1 Å². The summed E-state index contributed by atoms with van der Waals surface area (Å²) in [5.41, 5.74) is 0. The molecule has 10 heavy (non-hydrogen) atoms. The lowest BCUT2D eigenvalue weighted by molar-refractivity contribution is 0.414. The Morgan fingerprint density at radius 2 is 2.40 bits per heavy atom. The number of nitrogens with one attached hydrogen (secondary N) is 1. The van der Waals surface area contributed by atoms with Crippen LogP contribution in [0.5, 0.6) is 5.75 Å². The molecule has 1 aromatic rings. The summed E-state index contributed by atoms with van der Waals surface area (Å²) in [6, 6.07) is 3.64. The first-order valence-electron chi connectivity index (χ1n) is 3.04. The summed E-state index contributed by atoms with van der Waals surface area (Å²) in [6.07, 6.45) is 1.70. The molecule has 0 saturated heterocycles. The van der Waals surface area contributed by atoms with Crippen molar-refractivity contribution < 1.29 is 4.74 Å². The number of nitrogens with zero attached hydrogens (tertiary/aromatic N) is 1. The third-order valence-corrected chi connectivity index (χ3v) is 1.22. The molecule has 0 spiro atoms. The van der Waals surface area contributed by atoms with Crippen molar-refractivity contribution in [3.8, 4) is 5.75 Å². The first kappa shape index (κ1) is 6.86. The SMILES string of the molecule is CNc1cc(OC)ccn1. The highest BCUT2D eigenvalue weighted by Gasteiger charge is 1.91. The molecule has 1 N–H and O–H groups in total. The summed E-state index contributed by atoms with van der Waals surface area (Å²) in [7, 11) is 3.45. The van der Waals surface area contributed by atoms with Crippen LogP contribution >= 0.6 is 0 Å². The molecule has 1 rings (SSSR count). The normalized spacial score (nSPS) is 9.00. The van der Waals surface area contributed by atoms with Gasteiger partial charge < -0.3 is 10.1 Å². The molecular formula is C7H10N2O. The van der Waals surface area contributed by atoms with Gasteiger partial charge in [-0.25, -0.2) is 4.98 Å². The van der Waals surface area contributed by atoms with E-state index in [0.717, 1.165) is 11.6 Å². The molecule has 0 radical (unpaired) electrons. The topological polar surface area (TPSA) is 34.1 Å². The zero-order valence-corrected chi connectivity index (χ0v) is 6.09. The molecule has 0 aliphatic heterocycles. The van der Waals surface area contributed by atoms with Crippen LogP contribution in [0.1, 0.15) is 0 Å². The number of hydrogen-bond acceptors (Lipinski definition) is 3. The van der Waals surface area contributed by atoms with Crippen LogP contribution in [0.3, 0.4) is 0 Å². The van der Waals surface area contributed by atoms with Crippen LogP contribution < -0.4 is 10.1 Å². The number of hydrogen-bond donors (Lipinski definition) is 1. The van der Waals surface area contributed by atoms with E-state index in [9.17, 15) is 0 Å². The van der Waals surface area contributed by atoms with Gasteiger partial charge in [0.25, 0.3) is 0 Å². The fourth-order valence-corrected chi connectivity index (χ4v) is 0.675. The molecule has 0 atom stereocenters. The maximum atomic E-state index is 4.98. The van der Waals surface area contributed by atoms with Gasteiger partial charge in [-0.2, -0.15) is 0 Å². The Balaban J connectivity index is 2.87. The van der Waals surface area contributed by atoms with Gasteiger partial charge in [0.2, 0.25) is 0 Å². The van der Waals surface area contributed by atoms with Gasteiger partial charge in [-0.15, -0.1) is 0 Å². The summed E-state index contributed by atoms with van der Waals surface area (Å²) < 4.78 is 4.98. The van der Waals surface area contributed by atoms with E-state index in [0.29, 0.717) is 0 Å². The van der Waals surface area contributed by atoms with Gasteiger partial charge in [0.1, 0.15) is 11.6 Å². The Morgan fingerprint density at radius 3 is 3.00 bits per heavy atom. The van der Waals surface area contributed by atoms with E-state index in [1.807, 2.05) is 13.1 Å². The summed E-state index contributed by atoms with van der Waals surface area (Å²) >= 11 is 0. The minimum Gasteiger partial charge on any atom is -0.497 e. The molecule has 0 saturated carbocycles. The lowest BCUT2D eigenvalue weighted by atomic mass is 10.4. The summed E-state index contributed by atoms with van der Waals surface area (Å²) in [6.45, 7) is 0. The maximum Gasteiger partial charge on any atom is 0.129 e. The van der Waals surface area contributed by atoms with Gasteiger partial charge in [0.15, 0.2) is 0 Å². The first-order valence-corrected chi connectivity index (χ1v) is 3.04. The number of pyridine rings is 1. The Hall–Kier alpha value is -1.25. The average Bonchev–Trinajstić information content (AvgIpc) is 2.05. The highest BCUT2D eigenvalue weighted by atomic mass is 16.5. The summed E-state index contributed by atoms with van der Waals surface area (Å²) in [4.78, 5) is 4.01. The van der Waals surface area contributed by atoms with E-state index in [-0.39, 0.29) is 0 Å². The fourth-order valence-electron chi connectivity index (χ4n) is 0.675. The van der Waals surface area contributed by atoms with Crippen LogP contribution in [0.15, 0.2) is 18.3 Å². The fraction of sp³-hybridized carbons (Fsp3) is 0.286. The standard InChI is InChI=1S/C7H10N2O/c1-8-7-5-6(10-2)3-4-9-7/h3-5H,1-2H3,(H,8,9). The van der Waals surface area contributed by atoms with Crippen LogP contribution in [0, 0.1) is 0 Å². The minimum absolute atomic E-state index is 0.819. The number of ether oxygens (including phenoxy) is 1. The van der Waals surface area contributed by atoms with E-state index in [1.54, 1.807) is 19.4 Å². The molecule has 0 aromatic carbocycles. The second kappa shape index (κ2) is 3.06. The third kappa shape index (κ3) is 1.37. The summed E-state index contributed by atoms with van der Waals surface area (Å²) in [5, 5.41) is 2.91. The van der Waals surface area contributed by atoms with Crippen LogP contribution in [0.4, 0.5) is 5.82 Å². The molecule has 0 amide bonds. The van der Waals surface area contributed by atoms with Crippen LogP contribution in [0.2, 0.25) is 0 Å². The highest BCUT2D eigenvalue weighted by molar-refractivity contribution is 5.39. The lowest BCUT2D eigenvalue weighted by Gasteiger charge is -2.00. The van der Waals surface area contributed by atoms with Gasteiger partial charge in [-0.3, -0.25) is 0 Å².